The molecule has 3 nitrogen and oxygen atoms in total. The summed E-state index contributed by atoms with van der Waals surface area (Å²) in [6.07, 6.45) is 1.17. The summed E-state index contributed by atoms with van der Waals surface area (Å²) in [6, 6.07) is 6.65. The Balaban J connectivity index is 3.09. The molecule has 0 bridgehead atoms. The highest BCUT2D eigenvalue weighted by Gasteiger charge is 2.09. The van der Waals surface area contributed by atoms with Gasteiger partial charge in [-0.1, -0.05) is 0 Å². The average molecular weight is 392 g/mol. The van der Waals surface area contributed by atoms with E-state index in [0.29, 0.717) is 8.04 Å². The van der Waals surface area contributed by atoms with E-state index in [0.717, 1.165) is 0 Å². The van der Waals surface area contributed by atoms with E-state index >= 15 is 0 Å². The van der Waals surface area contributed by atoms with Crippen molar-refractivity contribution >= 4 is 44.2 Å². The van der Waals surface area contributed by atoms with Gasteiger partial charge in [-0.15, -0.1) is 0 Å². The van der Waals surface area contributed by atoms with Gasteiger partial charge in [0.1, 0.15) is 17.7 Å². The molecule has 0 saturated heterocycles. The monoisotopic (exact) mass is 391 g/mol. The molecular formula is C10H4BrFIN3. The molecule has 0 aliphatic carbocycles. The van der Waals surface area contributed by atoms with Crippen LogP contribution in [-0.4, -0.2) is 0 Å². The molecule has 0 spiro atoms. The Morgan fingerprint density at radius 2 is 2.06 bits per heavy atom. The number of nitrogens with zero attached hydrogens (tertiary/aromatic N) is 2. The first-order valence-electron chi connectivity index (χ1n) is 4.00. The molecule has 1 aromatic rings. The fourth-order valence-corrected chi connectivity index (χ4v) is 1.80. The van der Waals surface area contributed by atoms with Crippen molar-refractivity contribution in [3.8, 4) is 12.1 Å². The van der Waals surface area contributed by atoms with Gasteiger partial charge >= 0.3 is 0 Å². The summed E-state index contributed by atoms with van der Waals surface area (Å²) in [7, 11) is 0. The van der Waals surface area contributed by atoms with Crippen LogP contribution in [0.1, 0.15) is 0 Å². The molecule has 0 unspecified atom stereocenters. The molecular weight excluding hydrogens is 388 g/mol. The maximum atomic E-state index is 13.6. The summed E-state index contributed by atoms with van der Waals surface area (Å²) in [6.45, 7) is 0. The van der Waals surface area contributed by atoms with E-state index in [4.69, 9.17) is 10.5 Å². The summed E-state index contributed by atoms with van der Waals surface area (Å²) >= 11 is 5.01. The number of hydrogen-bond acceptors (Lipinski definition) is 3. The van der Waals surface area contributed by atoms with Crippen molar-refractivity contribution in [1.82, 2.24) is 0 Å². The van der Waals surface area contributed by atoms with Gasteiger partial charge in [-0.25, -0.2) is 4.39 Å². The van der Waals surface area contributed by atoms with E-state index in [-0.39, 0.29) is 11.3 Å². The molecule has 0 radical (unpaired) electrons. The molecule has 6 heteroatoms. The summed E-state index contributed by atoms with van der Waals surface area (Å²) < 4.78 is 14.6. The van der Waals surface area contributed by atoms with Crippen LogP contribution in [0.4, 0.5) is 10.1 Å². The maximum Gasteiger partial charge on any atom is 0.161 e. The molecule has 1 N–H and O–H groups in total. The molecule has 0 saturated carbocycles. The molecule has 0 aliphatic heterocycles. The third-order valence-electron chi connectivity index (χ3n) is 1.65. The van der Waals surface area contributed by atoms with Crippen LogP contribution in [0, 0.1) is 32.0 Å². The van der Waals surface area contributed by atoms with E-state index in [1.165, 1.54) is 6.20 Å². The van der Waals surface area contributed by atoms with E-state index in [2.05, 4.69) is 21.2 Å². The molecule has 0 atom stereocenters. The first-order valence-corrected chi connectivity index (χ1v) is 5.87. The second-order valence-corrected chi connectivity index (χ2v) is 4.66. The van der Waals surface area contributed by atoms with Crippen LogP contribution >= 0.6 is 38.5 Å². The highest BCUT2D eigenvalue weighted by molar-refractivity contribution is 14.1. The summed E-state index contributed by atoms with van der Waals surface area (Å²) in [5, 5.41) is 19.6. The van der Waals surface area contributed by atoms with Crippen LogP contribution < -0.4 is 5.32 Å². The predicted molar refractivity (Wildman–Crippen MR) is 69.7 cm³/mol. The standard InChI is InChI=1S/C10H4BrFIN3/c11-7-1-2-8(13)10(9(7)12)16-5-6(3-14)4-15/h1-2,5,16H. The highest BCUT2D eigenvalue weighted by Crippen LogP contribution is 2.28. The van der Waals surface area contributed by atoms with Crippen molar-refractivity contribution < 1.29 is 4.39 Å². The molecule has 1 aromatic carbocycles. The SMILES string of the molecule is N#CC(C#N)=CNc1c(I)ccc(Br)c1F. The number of rotatable bonds is 2. The van der Waals surface area contributed by atoms with Crippen LogP contribution in [0.2, 0.25) is 0 Å². The largest absolute Gasteiger partial charge is 0.357 e. The minimum atomic E-state index is -0.460. The van der Waals surface area contributed by atoms with Gasteiger partial charge in [0.25, 0.3) is 0 Å². The number of hydrogen-bond donors (Lipinski definition) is 1. The maximum absolute atomic E-state index is 13.6. The van der Waals surface area contributed by atoms with Gasteiger partial charge < -0.3 is 5.32 Å². The Hall–Kier alpha value is -1.12. The molecule has 16 heavy (non-hydrogen) atoms. The normalized spacial score (nSPS) is 8.81. The van der Waals surface area contributed by atoms with Crippen LogP contribution in [0.5, 0.6) is 0 Å². The summed E-state index contributed by atoms with van der Waals surface area (Å²) in [5.74, 6) is -0.460. The molecule has 0 heterocycles. The quantitative estimate of drug-likeness (QED) is 0.476. The lowest BCUT2D eigenvalue weighted by molar-refractivity contribution is 0.624. The number of halogens is 3. The fraction of sp³-hybridized carbons (Fsp3) is 0. The summed E-state index contributed by atoms with van der Waals surface area (Å²) in [4.78, 5) is 0. The van der Waals surface area contributed by atoms with Gasteiger partial charge in [-0.05, 0) is 50.7 Å². The Bertz CT molecular complexity index is 512. The van der Waals surface area contributed by atoms with E-state index in [1.807, 2.05) is 22.6 Å². The molecule has 0 aliphatic rings. The minimum Gasteiger partial charge on any atom is -0.357 e. The predicted octanol–water partition coefficient (Wildman–Crippen LogP) is 3.54. The number of benzene rings is 1. The van der Waals surface area contributed by atoms with Crippen molar-refractivity contribution in [3.05, 3.63) is 37.8 Å². The van der Waals surface area contributed by atoms with Crippen molar-refractivity contribution in [3.63, 3.8) is 0 Å². The number of allylic oxidation sites excluding steroid dienone is 1. The first-order chi connectivity index (χ1) is 7.60. The molecule has 1 rings (SSSR count). The van der Waals surface area contributed by atoms with Crippen LogP contribution in [0.15, 0.2) is 28.4 Å². The molecule has 0 fully saturated rings. The van der Waals surface area contributed by atoms with E-state index in [9.17, 15) is 4.39 Å². The zero-order chi connectivity index (χ0) is 12.1. The lowest BCUT2D eigenvalue weighted by atomic mass is 10.3. The number of nitrogens with one attached hydrogen (secondary N) is 1. The van der Waals surface area contributed by atoms with E-state index in [1.54, 1.807) is 24.3 Å². The second kappa shape index (κ2) is 5.83. The zero-order valence-corrected chi connectivity index (χ0v) is 11.5. The van der Waals surface area contributed by atoms with Gasteiger partial charge in [0.05, 0.1) is 10.2 Å². The van der Waals surface area contributed by atoms with Gasteiger partial charge in [-0.3, -0.25) is 0 Å². The molecule has 0 amide bonds. The molecule has 0 aromatic heterocycles. The minimum absolute atomic E-state index is 0.116. The Morgan fingerprint density at radius 1 is 1.44 bits per heavy atom. The average Bonchev–Trinajstić information content (AvgIpc) is 2.29. The van der Waals surface area contributed by atoms with E-state index < -0.39 is 5.82 Å². The topological polar surface area (TPSA) is 59.6 Å². The van der Waals surface area contributed by atoms with Gasteiger partial charge in [0.15, 0.2) is 5.82 Å². The van der Waals surface area contributed by atoms with Crippen molar-refractivity contribution in [2.45, 2.75) is 0 Å². The Kier molecular flexibility index (Phi) is 4.71. The second-order valence-electron chi connectivity index (χ2n) is 2.64. The summed E-state index contributed by atoms with van der Waals surface area (Å²) in [5.41, 5.74) is 0.119. The highest BCUT2D eigenvalue weighted by atomic mass is 127. The van der Waals surface area contributed by atoms with Crippen LogP contribution in [-0.2, 0) is 0 Å². The van der Waals surface area contributed by atoms with Gasteiger partial charge in [0.2, 0.25) is 0 Å². The number of anilines is 1. The molecule has 80 valence electrons. The lowest BCUT2D eigenvalue weighted by Crippen LogP contribution is -1.97. The smallest absolute Gasteiger partial charge is 0.161 e. The van der Waals surface area contributed by atoms with Gasteiger partial charge in [0, 0.05) is 9.77 Å². The lowest BCUT2D eigenvalue weighted by Gasteiger charge is -2.06. The van der Waals surface area contributed by atoms with Crippen LogP contribution in [0.25, 0.3) is 0 Å². The van der Waals surface area contributed by atoms with Crippen LogP contribution in [0.3, 0.4) is 0 Å². The zero-order valence-electron chi connectivity index (χ0n) is 7.76. The van der Waals surface area contributed by atoms with Crippen molar-refractivity contribution in [2.24, 2.45) is 0 Å². The van der Waals surface area contributed by atoms with Crippen molar-refractivity contribution in [1.29, 1.82) is 10.5 Å². The Labute approximate surface area is 114 Å². The third-order valence-corrected chi connectivity index (χ3v) is 3.16. The Morgan fingerprint density at radius 3 is 2.62 bits per heavy atom. The third kappa shape index (κ3) is 2.94. The van der Waals surface area contributed by atoms with Gasteiger partial charge in [-0.2, -0.15) is 10.5 Å². The number of nitriles is 2. The van der Waals surface area contributed by atoms with Crippen molar-refractivity contribution in [2.75, 3.05) is 5.32 Å². The fourth-order valence-electron chi connectivity index (χ4n) is 0.893. The first kappa shape index (κ1) is 12.9.